The van der Waals surface area contributed by atoms with Gasteiger partial charge in [0.25, 0.3) is 5.91 Å². The lowest BCUT2D eigenvalue weighted by Gasteiger charge is -2.12. The molecule has 0 saturated heterocycles. The van der Waals surface area contributed by atoms with Crippen molar-refractivity contribution in [1.29, 1.82) is 0 Å². The zero-order chi connectivity index (χ0) is 20.0. The summed E-state index contributed by atoms with van der Waals surface area (Å²) in [6.45, 7) is 5.86. The first-order valence-corrected chi connectivity index (χ1v) is 10.4. The molecule has 2 N–H and O–H groups in total. The standard InChI is InChI=1S/C19H23ClN2O4S/c1-4-10-21-27(24,25)15-8-9-18(16(20)11-15)26-12-19(23)22-17-7-5-6-13(2)14(17)3/h5-9,11,21H,4,10,12H2,1-3H3,(H,22,23). The molecule has 0 saturated carbocycles. The van der Waals surface area contributed by atoms with E-state index in [1.807, 2.05) is 39.0 Å². The Hall–Kier alpha value is -2.09. The van der Waals surface area contributed by atoms with E-state index < -0.39 is 10.0 Å². The highest BCUT2D eigenvalue weighted by atomic mass is 35.5. The molecule has 0 aliphatic heterocycles. The number of ether oxygens (including phenoxy) is 1. The number of carbonyl (C=O) groups is 1. The number of hydrogen-bond donors (Lipinski definition) is 2. The Labute approximate surface area is 164 Å². The van der Waals surface area contributed by atoms with Crippen molar-refractivity contribution in [3.05, 3.63) is 52.5 Å². The molecule has 0 aliphatic rings. The summed E-state index contributed by atoms with van der Waals surface area (Å²) in [5, 5.41) is 2.91. The van der Waals surface area contributed by atoms with Crippen LogP contribution in [0, 0.1) is 13.8 Å². The average Bonchev–Trinajstić information content (AvgIpc) is 2.62. The summed E-state index contributed by atoms with van der Waals surface area (Å²) >= 11 is 6.11. The van der Waals surface area contributed by atoms with E-state index in [2.05, 4.69) is 10.0 Å². The number of amides is 1. The number of nitrogens with one attached hydrogen (secondary N) is 2. The lowest BCUT2D eigenvalue weighted by Crippen LogP contribution is -2.24. The minimum atomic E-state index is -3.61. The molecule has 2 aromatic rings. The molecular weight excluding hydrogens is 388 g/mol. The Morgan fingerprint density at radius 1 is 1.19 bits per heavy atom. The van der Waals surface area contributed by atoms with Gasteiger partial charge in [0.2, 0.25) is 10.0 Å². The molecule has 2 aromatic carbocycles. The Bertz CT molecular complexity index is 929. The van der Waals surface area contributed by atoms with Crippen molar-refractivity contribution in [1.82, 2.24) is 4.72 Å². The van der Waals surface area contributed by atoms with Crippen LogP contribution in [-0.2, 0) is 14.8 Å². The fourth-order valence-corrected chi connectivity index (χ4v) is 3.76. The Morgan fingerprint density at radius 2 is 1.93 bits per heavy atom. The molecule has 0 heterocycles. The first kappa shape index (κ1) is 21.2. The number of aryl methyl sites for hydroxylation is 1. The highest BCUT2D eigenvalue weighted by Gasteiger charge is 2.16. The van der Waals surface area contributed by atoms with E-state index in [1.54, 1.807) is 0 Å². The molecule has 0 unspecified atom stereocenters. The average molecular weight is 411 g/mol. The topological polar surface area (TPSA) is 84.5 Å². The molecule has 0 spiro atoms. The van der Waals surface area contributed by atoms with Crippen LogP contribution in [0.5, 0.6) is 5.75 Å². The number of rotatable bonds is 8. The van der Waals surface area contributed by atoms with Crippen LogP contribution in [0.1, 0.15) is 24.5 Å². The van der Waals surface area contributed by atoms with E-state index >= 15 is 0 Å². The van der Waals surface area contributed by atoms with E-state index in [0.29, 0.717) is 13.0 Å². The number of anilines is 1. The highest BCUT2D eigenvalue weighted by Crippen LogP contribution is 2.27. The molecule has 0 atom stereocenters. The summed E-state index contributed by atoms with van der Waals surface area (Å²) in [4.78, 5) is 12.2. The van der Waals surface area contributed by atoms with Crippen LogP contribution in [-0.4, -0.2) is 27.5 Å². The van der Waals surface area contributed by atoms with Crippen molar-refractivity contribution >= 4 is 33.2 Å². The second kappa shape index (κ2) is 9.21. The lowest BCUT2D eigenvalue weighted by molar-refractivity contribution is -0.118. The van der Waals surface area contributed by atoms with Crippen LogP contribution < -0.4 is 14.8 Å². The Kier molecular flexibility index (Phi) is 7.24. The molecule has 0 fully saturated rings. The summed E-state index contributed by atoms with van der Waals surface area (Å²) in [5.41, 5.74) is 2.78. The number of carbonyl (C=O) groups excluding carboxylic acids is 1. The van der Waals surface area contributed by atoms with Crippen LogP contribution in [0.25, 0.3) is 0 Å². The fourth-order valence-electron chi connectivity index (χ4n) is 2.30. The van der Waals surface area contributed by atoms with Crippen LogP contribution in [0.3, 0.4) is 0 Å². The fraction of sp³-hybridized carbons (Fsp3) is 0.316. The Morgan fingerprint density at radius 3 is 2.59 bits per heavy atom. The minimum Gasteiger partial charge on any atom is -0.482 e. The van der Waals surface area contributed by atoms with Crippen LogP contribution in [0.4, 0.5) is 5.69 Å². The molecule has 0 aromatic heterocycles. The van der Waals surface area contributed by atoms with E-state index in [0.717, 1.165) is 16.8 Å². The number of hydrogen-bond acceptors (Lipinski definition) is 4. The Balaban J connectivity index is 2.01. The maximum Gasteiger partial charge on any atom is 0.262 e. The molecule has 0 aliphatic carbocycles. The van der Waals surface area contributed by atoms with Gasteiger partial charge < -0.3 is 10.1 Å². The largest absolute Gasteiger partial charge is 0.482 e. The summed E-state index contributed by atoms with van der Waals surface area (Å²) in [6.07, 6.45) is 0.684. The normalized spacial score (nSPS) is 11.3. The summed E-state index contributed by atoms with van der Waals surface area (Å²) in [6, 6.07) is 9.77. The van der Waals surface area contributed by atoms with Gasteiger partial charge in [-0.15, -0.1) is 0 Å². The maximum atomic E-state index is 12.1. The van der Waals surface area contributed by atoms with Gasteiger partial charge in [0.15, 0.2) is 6.61 Å². The second-order valence-corrected chi connectivity index (χ2v) is 8.25. The summed E-state index contributed by atoms with van der Waals surface area (Å²) in [7, 11) is -3.61. The van der Waals surface area contributed by atoms with Gasteiger partial charge >= 0.3 is 0 Å². The molecule has 146 valence electrons. The van der Waals surface area contributed by atoms with Gasteiger partial charge in [-0.05, 0) is 55.7 Å². The lowest BCUT2D eigenvalue weighted by atomic mass is 10.1. The summed E-state index contributed by atoms with van der Waals surface area (Å²) in [5.74, 6) is -0.0942. The molecule has 2 rings (SSSR count). The van der Waals surface area contributed by atoms with Gasteiger partial charge in [-0.1, -0.05) is 30.7 Å². The van der Waals surface area contributed by atoms with Crippen molar-refractivity contribution in [2.75, 3.05) is 18.5 Å². The van der Waals surface area contributed by atoms with E-state index in [-0.39, 0.29) is 28.2 Å². The molecule has 1 amide bonds. The minimum absolute atomic E-state index is 0.0492. The maximum absolute atomic E-state index is 12.1. The number of sulfonamides is 1. The highest BCUT2D eigenvalue weighted by molar-refractivity contribution is 7.89. The van der Waals surface area contributed by atoms with E-state index in [4.69, 9.17) is 16.3 Å². The van der Waals surface area contributed by atoms with E-state index in [1.165, 1.54) is 18.2 Å². The smallest absolute Gasteiger partial charge is 0.262 e. The first-order chi connectivity index (χ1) is 12.7. The zero-order valence-corrected chi connectivity index (χ0v) is 17.1. The third-order valence-electron chi connectivity index (χ3n) is 3.99. The van der Waals surface area contributed by atoms with Crippen molar-refractivity contribution in [2.45, 2.75) is 32.1 Å². The van der Waals surface area contributed by atoms with Gasteiger partial charge in [-0.3, -0.25) is 4.79 Å². The van der Waals surface area contributed by atoms with Gasteiger partial charge in [-0.25, -0.2) is 13.1 Å². The molecule has 6 nitrogen and oxygen atoms in total. The number of halogens is 1. The predicted octanol–water partition coefficient (Wildman–Crippen LogP) is 3.66. The van der Waals surface area contributed by atoms with E-state index in [9.17, 15) is 13.2 Å². The SMILES string of the molecule is CCCNS(=O)(=O)c1ccc(OCC(=O)Nc2cccc(C)c2C)c(Cl)c1. The molecule has 8 heteroatoms. The van der Waals surface area contributed by atoms with Crippen LogP contribution in [0.2, 0.25) is 5.02 Å². The first-order valence-electron chi connectivity index (χ1n) is 8.52. The van der Waals surface area contributed by atoms with Crippen LogP contribution in [0.15, 0.2) is 41.3 Å². The van der Waals surface area contributed by atoms with Gasteiger partial charge in [0, 0.05) is 12.2 Å². The summed E-state index contributed by atoms with van der Waals surface area (Å²) < 4.78 is 32.1. The van der Waals surface area contributed by atoms with Crippen molar-refractivity contribution in [2.24, 2.45) is 0 Å². The molecule has 27 heavy (non-hydrogen) atoms. The van der Waals surface area contributed by atoms with Gasteiger partial charge in [0.1, 0.15) is 5.75 Å². The third kappa shape index (κ3) is 5.69. The second-order valence-electron chi connectivity index (χ2n) is 6.07. The quantitative estimate of drug-likeness (QED) is 0.695. The monoisotopic (exact) mass is 410 g/mol. The molecule has 0 bridgehead atoms. The zero-order valence-electron chi connectivity index (χ0n) is 15.5. The molecular formula is C19H23ClN2O4S. The molecule has 0 radical (unpaired) electrons. The third-order valence-corrected chi connectivity index (χ3v) is 5.75. The van der Waals surface area contributed by atoms with Gasteiger partial charge in [-0.2, -0.15) is 0 Å². The number of benzene rings is 2. The van der Waals surface area contributed by atoms with Gasteiger partial charge in [0.05, 0.1) is 9.92 Å². The van der Waals surface area contributed by atoms with Crippen molar-refractivity contribution in [3.63, 3.8) is 0 Å². The van der Waals surface area contributed by atoms with Crippen molar-refractivity contribution < 1.29 is 17.9 Å². The van der Waals surface area contributed by atoms with Crippen molar-refractivity contribution in [3.8, 4) is 5.75 Å². The van der Waals surface area contributed by atoms with Crippen LogP contribution >= 0.6 is 11.6 Å². The predicted molar refractivity (Wildman–Crippen MR) is 107 cm³/mol.